The Balaban J connectivity index is 2.18. The number of halogens is 1. The van der Waals surface area contributed by atoms with Crippen LogP contribution in [0, 0.1) is 5.82 Å². The van der Waals surface area contributed by atoms with E-state index in [1.54, 1.807) is 12.1 Å². The molecule has 1 aliphatic rings. The summed E-state index contributed by atoms with van der Waals surface area (Å²) >= 11 is 0. The summed E-state index contributed by atoms with van der Waals surface area (Å²) in [6, 6.07) is 6.97. The highest BCUT2D eigenvalue weighted by Gasteiger charge is 2.32. The van der Waals surface area contributed by atoms with Crippen molar-refractivity contribution in [3.63, 3.8) is 0 Å². The SMILES string of the molecule is CCC(CO)(NC1CCCCC1)c1ccc(F)cc1. The second-order valence-electron chi connectivity index (χ2n) is 5.58. The van der Waals surface area contributed by atoms with Crippen molar-refractivity contribution >= 4 is 0 Å². The molecule has 1 saturated carbocycles. The minimum Gasteiger partial charge on any atom is -0.394 e. The van der Waals surface area contributed by atoms with Gasteiger partial charge in [0.25, 0.3) is 0 Å². The van der Waals surface area contributed by atoms with Crippen LogP contribution >= 0.6 is 0 Å². The Bertz CT molecular complexity index is 380. The first-order valence-electron chi connectivity index (χ1n) is 7.35. The highest BCUT2D eigenvalue weighted by Crippen LogP contribution is 2.28. The molecule has 0 heterocycles. The van der Waals surface area contributed by atoms with Crippen LogP contribution in [0.25, 0.3) is 0 Å². The van der Waals surface area contributed by atoms with Crippen LogP contribution in [0.15, 0.2) is 24.3 Å². The number of aliphatic hydroxyl groups is 1. The summed E-state index contributed by atoms with van der Waals surface area (Å²) in [4.78, 5) is 0. The second-order valence-corrected chi connectivity index (χ2v) is 5.58. The summed E-state index contributed by atoms with van der Waals surface area (Å²) in [6.45, 7) is 2.11. The zero-order valence-corrected chi connectivity index (χ0v) is 11.7. The normalized spacial score (nSPS) is 20.2. The summed E-state index contributed by atoms with van der Waals surface area (Å²) in [5.41, 5.74) is 0.542. The van der Waals surface area contributed by atoms with Crippen LogP contribution in [0.1, 0.15) is 51.0 Å². The Kier molecular flexibility index (Phi) is 4.94. The molecule has 1 fully saturated rings. The lowest BCUT2D eigenvalue weighted by atomic mass is 9.85. The maximum atomic E-state index is 13.1. The van der Waals surface area contributed by atoms with Gasteiger partial charge in [0.05, 0.1) is 12.1 Å². The van der Waals surface area contributed by atoms with E-state index >= 15 is 0 Å². The number of hydrogen-bond donors (Lipinski definition) is 2. The molecule has 2 rings (SSSR count). The van der Waals surface area contributed by atoms with Gasteiger partial charge in [-0.05, 0) is 37.0 Å². The molecule has 0 bridgehead atoms. The Labute approximate surface area is 115 Å². The van der Waals surface area contributed by atoms with E-state index < -0.39 is 5.54 Å². The maximum Gasteiger partial charge on any atom is 0.123 e. The lowest BCUT2D eigenvalue weighted by Crippen LogP contribution is -2.50. The van der Waals surface area contributed by atoms with Crippen molar-refractivity contribution in [1.29, 1.82) is 0 Å². The molecule has 1 unspecified atom stereocenters. The highest BCUT2D eigenvalue weighted by molar-refractivity contribution is 5.25. The van der Waals surface area contributed by atoms with Crippen LogP contribution in [0.2, 0.25) is 0 Å². The quantitative estimate of drug-likeness (QED) is 0.855. The minimum atomic E-state index is -0.435. The fraction of sp³-hybridized carbons (Fsp3) is 0.625. The van der Waals surface area contributed by atoms with Crippen molar-refractivity contribution in [1.82, 2.24) is 5.32 Å². The number of rotatable bonds is 5. The van der Waals surface area contributed by atoms with Crippen LogP contribution in [0.4, 0.5) is 4.39 Å². The molecule has 1 aliphatic carbocycles. The molecule has 0 aliphatic heterocycles. The standard InChI is InChI=1S/C16H24FNO/c1-2-16(12-19,13-8-10-14(17)11-9-13)18-15-6-4-3-5-7-15/h8-11,15,18-19H,2-7,12H2,1H3. The number of aliphatic hydroxyl groups excluding tert-OH is 1. The van der Waals surface area contributed by atoms with Crippen LogP contribution in [-0.4, -0.2) is 17.8 Å². The molecular weight excluding hydrogens is 241 g/mol. The number of benzene rings is 1. The first-order chi connectivity index (χ1) is 9.20. The molecular formula is C16H24FNO. The summed E-state index contributed by atoms with van der Waals surface area (Å²) < 4.78 is 13.1. The van der Waals surface area contributed by atoms with Gasteiger partial charge < -0.3 is 10.4 Å². The zero-order valence-electron chi connectivity index (χ0n) is 11.7. The largest absolute Gasteiger partial charge is 0.394 e. The van der Waals surface area contributed by atoms with E-state index in [1.165, 1.54) is 44.2 Å². The lowest BCUT2D eigenvalue weighted by molar-refractivity contribution is 0.132. The summed E-state index contributed by atoms with van der Waals surface area (Å²) in [6.07, 6.45) is 6.96. The van der Waals surface area contributed by atoms with E-state index in [0.717, 1.165) is 12.0 Å². The van der Waals surface area contributed by atoms with E-state index in [-0.39, 0.29) is 12.4 Å². The molecule has 0 saturated heterocycles. The molecule has 0 aromatic heterocycles. The van der Waals surface area contributed by atoms with E-state index in [0.29, 0.717) is 6.04 Å². The topological polar surface area (TPSA) is 32.3 Å². The number of hydrogen-bond acceptors (Lipinski definition) is 2. The van der Waals surface area contributed by atoms with Gasteiger partial charge in [-0.15, -0.1) is 0 Å². The number of nitrogens with one attached hydrogen (secondary N) is 1. The van der Waals surface area contributed by atoms with Crippen molar-refractivity contribution in [2.45, 2.75) is 57.0 Å². The molecule has 1 aromatic carbocycles. The lowest BCUT2D eigenvalue weighted by Gasteiger charge is -2.38. The molecule has 2 N–H and O–H groups in total. The highest BCUT2D eigenvalue weighted by atomic mass is 19.1. The second kappa shape index (κ2) is 6.49. The van der Waals surface area contributed by atoms with Crippen LogP contribution in [0.3, 0.4) is 0 Å². The monoisotopic (exact) mass is 265 g/mol. The van der Waals surface area contributed by atoms with Crippen LogP contribution < -0.4 is 5.32 Å². The molecule has 1 atom stereocenters. The Morgan fingerprint density at radius 1 is 1.21 bits per heavy atom. The summed E-state index contributed by atoms with van der Waals surface area (Å²) in [7, 11) is 0. The van der Waals surface area contributed by atoms with Crippen LogP contribution in [0.5, 0.6) is 0 Å². The minimum absolute atomic E-state index is 0.0473. The molecule has 1 aromatic rings. The average Bonchev–Trinajstić information content (AvgIpc) is 2.47. The Morgan fingerprint density at radius 2 is 1.84 bits per heavy atom. The maximum absolute atomic E-state index is 13.1. The van der Waals surface area contributed by atoms with Crippen molar-refractivity contribution in [2.24, 2.45) is 0 Å². The van der Waals surface area contributed by atoms with Gasteiger partial charge in [0.15, 0.2) is 0 Å². The van der Waals surface area contributed by atoms with E-state index in [1.807, 2.05) is 0 Å². The third-order valence-corrected chi connectivity index (χ3v) is 4.36. The zero-order chi connectivity index (χ0) is 13.7. The van der Waals surface area contributed by atoms with Gasteiger partial charge in [0.1, 0.15) is 5.82 Å². The first-order valence-corrected chi connectivity index (χ1v) is 7.35. The van der Waals surface area contributed by atoms with Gasteiger partial charge in [0.2, 0.25) is 0 Å². The summed E-state index contributed by atoms with van der Waals surface area (Å²) in [5, 5.41) is 13.5. The third kappa shape index (κ3) is 3.34. The predicted octanol–water partition coefficient (Wildman–Crippen LogP) is 3.35. The van der Waals surface area contributed by atoms with Gasteiger partial charge in [0, 0.05) is 6.04 Å². The van der Waals surface area contributed by atoms with E-state index in [2.05, 4.69) is 12.2 Å². The Hall–Kier alpha value is -0.930. The van der Waals surface area contributed by atoms with Crippen LogP contribution in [-0.2, 0) is 5.54 Å². The average molecular weight is 265 g/mol. The van der Waals surface area contributed by atoms with E-state index in [4.69, 9.17) is 0 Å². The van der Waals surface area contributed by atoms with Gasteiger partial charge in [-0.2, -0.15) is 0 Å². The molecule has 106 valence electrons. The molecule has 2 nitrogen and oxygen atoms in total. The van der Waals surface area contributed by atoms with Gasteiger partial charge in [-0.1, -0.05) is 38.3 Å². The van der Waals surface area contributed by atoms with Crippen molar-refractivity contribution in [3.05, 3.63) is 35.6 Å². The van der Waals surface area contributed by atoms with Gasteiger partial charge >= 0.3 is 0 Å². The fourth-order valence-corrected chi connectivity index (χ4v) is 3.04. The molecule has 19 heavy (non-hydrogen) atoms. The third-order valence-electron chi connectivity index (χ3n) is 4.36. The van der Waals surface area contributed by atoms with Gasteiger partial charge in [-0.25, -0.2) is 4.39 Å². The molecule has 3 heteroatoms. The predicted molar refractivity (Wildman–Crippen MR) is 75.5 cm³/mol. The fourth-order valence-electron chi connectivity index (χ4n) is 3.04. The van der Waals surface area contributed by atoms with Crippen molar-refractivity contribution < 1.29 is 9.50 Å². The van der Waals surface area contributed by atoms with Crippen molar-refractivity contribution in [3.8, 4) is 0 Å². The first kappa shape index (κ1) is 14.5. The Morgan fingerprint density at radius 3 is 2.37 bits per heavy atom. The van der Waals surface area contributed by atoms with E-state index in [9.17, 15) is 9.50 Å². The summed E-state index contributed by atoms with van der Waals surface area (Å²) in [5.74, 6) is -0.232. The van der Waals surface area contributed by atoms with Crippen molar-refractivity contribution in [2.75, 3.05) is 6.61 Å². The molecule has 0 radical (unpaired) electrons. The van der Waals surface area contributed by atoms with Gasteiger partial charge in [-0.3, -0.25) is 0 Å². The smallest absolute Gasteiger partial charge is 0.123 e. The molecule has 0 spiro atoms. The molecule has 0 amide bonds.